The van der Waals surface area contributed by atoms with Crippen LogP contribution in [0, 0.1) is 0 Å². The summed E-state index contributed by atoms with van der Waals surface area (Å²) in [5, 5.41) is 4.53. The van der Waals surface area contributed by atoms with Gasteiger partial charge < -0.3 is 4.42 Å². The maximum absolute atomic E-state index is 6.55. The van der Waals surface area contributed by atoms with E-state index in [-0.39, 0.29) is 0 Å². The third kappa shape index (κ3) is 5.65. The predicted octanol–water partition coefficient (Wildman–Crippen LogP) is 13.5. The topological polar surface area (TPSA) is 38.9 Å². The molecule has 0 aliphatic carbocycles. The van der Waals surface area contributed by atoms with E-state index in [2.05, 4.69) is 170 Å². The molecule has 10 aromatic rings. The van der Waals surface area contributed by atoms with E-state index in [1.165, 1.54) is 27.5 Å². The first-order valence-corrected chi connectivity index (χ1v) is 17.9. The number of fused-ring (bicyclic) bond motifs is 4. The van der Waals surface area contributed by atoms with Crippen molar-refractivity contribution < 1.29 is 4.42 Å². The molecule has 8 aromatic carbocycles. The van der Waals surface area contributed by atoms with Crippen molar-refractivity contribution in [2.75, 3.05) is 0 Å². The van der Waals surface area contributed by atoms with E-state index in [9.17, 15) is 0 Å². The fourth-order valence-electron chi connectivity index (χ4n) is 7.45. The lowest BCUT2D eigenvalue weighted by Crippen LogP contribution is -1.97. The van der Waals surface area contributed by atoms with Gasteiger partial charge in [-0.1, -0.05) is 170 Å². The van der Waals surface area contributed by atoms with Crippen LogP contribution in [0.15, 0.2) is 199 Å². The Morgan fingerprint density at radius 2 is 0.849 bits per heavy atom. The monoisotopic (exact) mass is 676 g/mol. The van der Waals surface area contributed by atoms with Crippen molar-refractivity contribution in [2.24, 2.45) is 0 Å². The van der Waals surface area contributed by atoms with Gasteiger partial charge in [-0.3, -0.25) is 0 Å². The number of benzene rings is 8. The number of aromatic nitrogens is 2. The van der Waals surface area contributed by atoms with Gasteiger partial charge in [-0.2, -0.15) is 0 Å². The molecule has 2 aromatic heterocycles. The quantitative estimate of drug-likeness (QED) is 0.176. The minimum Gasteiger partial charge on any atom is -0.456 e. The highest BCUT2D eigenvalue weighted by atomic mass is 16.3. The maximum atomic E-state index is 6.55. The van der Waals surface area contributed by atoms with Crippen molar-refractivity contribution in [3.8, 4) is 67.3 Å². The van der Waals surface area contributed by atoms with Crippen LogP contribution in [0.1, 0.15) is 0 Å². The second kappa shape index (κ2) is 12.9. The Balaban J connectivity index is 1.15. The Hall–Kier alpha value is -7.10. The van der Waals surface area contributed by atoms with Gasteiger partial charge in [-0.15, -0.1) is 0 Å². The van der Waals surface area contributed by atoms with Crippen molar-refractivity contribution in [3.05, 3.63) is 194 Å². The summed E-state index contributed by atoms with van der Waals surface area (Å²) in [5.41, 5.74) is 13.2. The van der Waals surface area contributed by atoms with Gasteiger partial charge in [0.25, 0.3) is 0 Å². The minimum atomic E-state index is 0.652. The number of para-hydroxylation sites is 1. The second-order valence-corrected chi connectivity index (χ2v) is 13.4. The number of nitrogens with zero attached hydrogens (tertiary/aromatic N) is 2. The largest absolute Gasteiger partial charge is 0.456 e. The van der Waals surface area contributed by atoms with E-state index >= 15 is 0 Å². The highest BCUT2D eigenvalue weighted by molar-refractivity contribution is 6.13. The molecule has 0 atom stereocenters. The molecule has 248 valence electrons. The van der Waals surface area contributed by atoms with Gasteiger partial charge in [0.05, 0.1) is 11.4 Å². The maximum Gasteiger partial charge on any atom is 0.161 e. The molecule has 10 rings (SSSR count). The first-order valence-electron chi connectivity index (χ1n) is 17.9. The molecule has 0 bridgehead atoms. The van der Waals surface area contributed by atoms with Gasteiger partial charge in [0.15, 0.2) is 5.82 Å². The average molecular weight is 677 g/mol. The molecule has 0 saturated carbocycles. The average Bonchev–Trinajstić information content (AvgIpc) is 3.62. The fourth-order valence-corrected chi connectivity index (χ4v) is 7.45. The molecule has 0 amide bonds. The number of rotatable bonds is 6. The van der Waals surface area contributed by atoms with Crippen molar-refractivity contribution >= 4 is 32.7 Å². The third-order valence-corrected chi connectivity index (χ3v) is 10.1. The lowest BCUT2D eigenvalue weighted by molar-refractivity contribution is 0.669. The summed E-state index contributed by atoms with van der Waals surface area (Å²) < 4.78 is 6.55. The number of hydrogen-bond acceptors (Lipinski definition) is 3. The Morgan fingerprint density at radius 3 is 1.58 bits per heavy atom. The molecular formula is C50H32N2O. The van der Waals surface area contributed by atoms with Crippen molar-refractivity contribution in [1.29, 1.82) is 0 Å². The molecule has 0 radical (unpaired) electrons. The van der Waals surface area contributed by atoms with E-state index in [0.717, 1.165) is 66.7 Å². The standard InChI is InChI=1S/C50H32N2O/c1-3-12-33(13-4-1)34-24-28-39(29-25-34)46-32-45(38-15-5-2-6-16-38)51-50(52-46)44-30-40(31-48-49(44)43-19-9-10-21-47(43)53-48)35-22-26-37(27-23-35)42-20-11-17-36-14-7-8-18-41(36)42/h1-32H. The molecule has 0 fully saturated rings. The molecule has 3 heteroatoms. The Morgan fingerprint density at radius 1 is 0.321 bits per heavy atom. The normalized spacial score (nSPS) is 11.4. The predicted molar refractivity (Wildman–Crippen MR) is 219 cm³/mol. The lowest BCUT2D eigenvalue weighted by atomic mass is 9.94. The third-order valence-electron chi connectivity index (χ3n) is 10.1. The number of furan rings is 1. The molecular weight excluding hydrogens is 645 g/mol. The molecule has 0 unspecified atom stereocenters. The molecule has 53 heavy (non-hydrogen) atoms. The second-order valence-electron chi connectivity index (χ2n) is 13.4. The zero-order valence-electron chi connectivity index (χ0n) is 28.8. The highest BCUT2D eigenvalue weighted by Crippen LogP contribution is 2.41. The fraction of sp³-hybridized carbons (Fsp3) is 0. The van der Waals surface area contributed by atoms with Crippen LogP contribution in [0.4, 0.5) is 0 Å². The van der Waals surface area contributed by atoms with Crippen LogP contribution in [-0.2, 0) is 0 Å². The van der Waals surface area contributed by atoms with Gasteiger partial charge in [-0.05, 0) is 68.4 Å². The SMILES string of the molecule is c1ccc(-c2ccc(-c3cc(-c4ccccc4)nc(-c4cc(-c5ccc(-c6cccc7ccccc67)cc5)cc5oc6ccccc6c45)n3)cc2)cc1. The Bertz CT molecular complexity index is 2910. The Kier molecular flexibility index (Phi) is 7.47. The van der Waals surface area contributed by atoms with Crippen LogP contribution < -0.4 is 0 Å². The summed E-state index contributed by atoms with van der Waals surface area (Å²) in [6.45, 7) is 0. The lowest BCUT2D eigenvalue weighted by Gasteiger charge is -2.13. The molecule has 2 heterocycles. The van der Waals surface area contributed by atoms with Crippen LogP contribution >= 0.6 is 0 Å². The van der Waals surface area contributed by atoms with Gasteiger partial charge >= 0.3 is 0 Å². The van der Waals surface area contributed by atoms with Crippen molar-refractivity contribution in [2.45, 2.75) is 0 Å². The summed E-state index contributed by atoms with van der Waals surface area (Å²) in [6.07, 6.45) is 0. The smallest absolute Gasteiger partial charge is 0.161 e. The molecule has 3 nitrogen and oxygen atoms in total. The molecule has 0 spiro atoms. The summed E-state index contributed by atoms with van der Waals surface area (Å²) in [4.78, 5) is 10.6. The molecule has 0 saturated heterocycles. The summed E-state index contributed by atoms with van der Waals surface area (Å²) in [6, 6.07) is 68.0. The van der Waals surface area contributed by atoms with Gasteiger partial charge in [0.1, 0.15) is 11.2 Å². The van der Waals surface area contributed by atoms with Gasteiger partial charge in [0.2, 0.25) is 0 Å². The van der Waals surface area contributed by atoms with Gasteiger partial charge in [-0.25, -0.2) is 9.97 Å². The van der Waals surface area contributed by atoms with E-state index in [0.29, 0.717) is 5.82 Å². The minimum absolute atomic E-state index is 0.652. The molecule has 0 aliphatic rings. The molecule has 0 aliphatic heterocycles. The van der Waals surface area contributed by atoms with Crippen LogP contribution in [0.3, 0.4) is 0 Å². The summed E-state index contributed by atoms with van der Waals surface area (Å²) >= 11 is 0. The zero-order chi connectivity index (χ0) is 35.1. The van der Waals surface area contributed by atoms with Gasteiger partial charge in [0, 0.05) is 27.5 Å². The van der Waals surface area contributed by atoms with E-state index < -0.39 is 0 Å². The van der Waals surface area contributed by atoms with E-state index in [4.69, 9.17) is 14.4 Å². The van der Waals surface area contributed by atoms with E-state index in [1.807, 2.05) is 24.3 Å². The summed E-state index contributed by atoms with van der Waals surface area (Å²) in [7, 11) is 0. The van der Waals surface area contributed by atoms with E-state index in [1.54, 1.807) is 0 Å². The first kappa shape index (κ1) is 30.7. The summed E-state index contributed by atoms with van der Waals surface area (Å²) in [5.74, 6) is 0.652. The number of hydrogen-bond donors (Lipinski definition) is 0. The van der Waals surface area contributed by atoms with Crippen LogP contribution in [0.25, 0.3) is 100.0 Å². The van der Waals surface area contributed by atoms with Crippen LogP contribution in [-0.4, -0.2) is 9.97 Å². The first-order chi connectivity index (χ1) is 26.2. The zero-order valence-corrected chi connectivity index (χ0v) is 28.8. The van der Waals surface area contributed by atoms with Crippen LogP contribution in [0.2, 0.25) is 0 Å². The Labute approximate surface area is 307 Å². The molecule has 0 N–H and O–H groups in total. The van der Waals surface area contributed by atoms with Crippen molar-refractivity contribution in [1.82, 2.24) is 9.97 Å². The van der Waals surface area contributed by atoms with Crippen LogP contribution in [0.5, 0.6) is 0 Å². The highest BCUT2D eigenvalue weighted by Gasteiger charge is 2.19. The van der Waals surface area contributed by atoms with Crippen molar-refractivity contribution in [3.63, 3.8) is 0 Å².